The lowest BCUT2D eigenvalue weighted by Gasteiger charge is -2.12. The van der Waals surface area contributed by atoms with Gasteiger partial charge in [0, 0.05) is 29.5 Å². The van der Waals surface area contributed by atoms with Crippen molar-refractivity contribution in [3.63, 3.8) is 0 Å². The van der Waals surface area contributed by atoms with Crippen LogP contribution in [0.25, 0.3) is 11.4 Å². The average molecular weight is 372 g/mol. The van der Waals surface area contributed by atoms with Gasteiger partial charge in [-0.3, -0.25) is 4.79 Å². The van der Waals surface area contributed by atoms with Crippen molar-refractivity contribution in [2.75, 3.05) is 12.4 Å². The maximum Gasteiger partial charge on any atom is 0.227 e. The van der Waals surface area contributed by atoms with E-state index in [1.165, 1.54) is 7.11 Å². The lowest BCUT2D eigenvalue weighted by atomic mass is 10.2. The molecule has 0 unspecified atom stereocenters. The van der Waals surface area contributed by atoms with Crippen LogP contribution < -0.4 is 10.1 Å². The number of aromatic nitrogens is 2. The molecule has 0 saturated heterocycles. The number of nitrogens with one attached hydrogen (secondary N) is 1. The predicted molar refractivity (Wildman–Crippen MR) is 99.4 cm³/mol. The maximum absolute atomic E-state index is 12.2. The zero-order chi connectivity index (χ0) is 18.5. The topological polar surface area (TPSA) is 77.2 Å². The molecule has 0 bridgehead atoms. The Morgan fingerprint density at radius 1 is 1.27 bits per heavy atom. The van der Waals surface area contributed by atoms with E-state index >= 15 is 0 Å². The van der Waals surface area contributed by atoms with Crippen LogP contribution in [0.1, 0.15) is 17.9 Å². The van der Waals surface area contributed by atoms with E-state index in [0.29, 0.717) is 34.6 Å². The van der Waals surface area contributed by atoms with Crippen LogP contribution in [0.2, 0.25) is 5.02 Å². The highest BCUT2D eigenvalue weighted by atomic mass is 35.5. The lowest BCUT2D eigenvalue weighted by molar-refractivity contribution is -0.116. The van der Waals surface area contributed by atoms with Gasteiger partial charge in [-0.2, -0.15) is 4.98 Å². The van der Waals surface area contributed by atoms with Crippen LogP contribution >= 0.6 is 11.6 Å². The molecule has 0 radical (unpaired) electrons. The summed E-state index contributed by atoms with van der Waals surface area (Å²) in [5.74, 6) is 1.26. The standard InChI is InChI=1S/C19H18ClN3O3/c1-12-10-15(16(25-2)11-14(12)20)21-17(24)8-9-18-22-19(23-26-18)13-6-4-3-5-7-13/h3-7,10-11H,8-9H2,1-2H3,(H,21,24). The van der Waals surface area contributed by atoms with E-state index in [-0.39, 0.29) is 12.3 Å². The van der Waals surface area contributed by atoms with E-state index < -0.39 is 0 Å². The molecule has 0 fully saturated rings. The molecule has 0 aliphatic heterocycles. The van der Waals surface area contributed by atoms with Crippen LogP contribution in [0.15, 0.2) is 47.0 Å². The molecule has 1 aromatic heterocycles. The summed E-state index contributed by atoms with van der Waals surface area (Å²) < 4.78 is 10.5. The molecule has 0 spiro atoms. The third kappa shape index (κ3) is 4.21. The van der Waals surface area contributed by atoms with Gasteiger partial charge in [-0.1, -0.05) is 47.1 Å². The molecule has 2 aromatic carbocycles. The van der Waals surface area contributed by atoms with E-state index in [1.807, 2.05) is 37.3 Å². The zero-order valence-corrected chi connectivity index (χ0v) is 15.2. The van der Waals surface area contributed by atoms with Crippen LogP contribution in [0.5, 0.6) is 5.75 Å². The maximum atomic E-state index is 12.2. The lowest BCUT2D eigenvalue weighted by Crippen LogP contribution is -2.13. The van der Waals surface area contributed by atoms with Crippen LogP contribution in [-0.4, -0.2) is 23.2 Å². The smallest absolute Gasteiger partial charge is 0.227 e. The van der Waals surface area contributed by atoms with E-state index in [2.05, 4.69) is 15.5 Å². The Morgan fingerprint density at radius 3 is 2.77 bits per heavy atom. The first-order valence-corrected chi connectivity index (χ1v) is 8.46. The minimum absolute atomic E-state index is 0.176. The molecule has 134 valence electrons. The highest BCUT2D eigenvalue weighted by Crippen LogP contribution is 2.31. The first kappa shape index (κ1) is 17.9. The Hall–Kier alpha value is -2.86. The summed E-state index contributed by atoms with van der Waals surface area (Å²) in [6.07, 6.45) is 0.557. The van der Waals surface area contributed by atoms with Crippen LogP contribution in [-0.2, 0) is 11.2 Å². The van der Waals surface area contributed by atoms with Gasteiger partial charge >= 0.3 is 0 Å². The van der Waals surface area contributed by atoms with Crippen molar-refractivity contribution in [3.05, 3.63) is 58.9 Å². The van der Waals surface area contributed by atoms with Gasteiger partial charge in [-0.15, -0.1) is 0 Å². The number of halogens is 1. The second-order valence-electron chi connectivity index (χ2n) is 5.73. The third-order valence-electron chi connectivity index (χ3n) is 3.82. The Labute approximate surface area is 156 Å². The van der Waals surface area contributed by atoms with Gasteiger partial charge in [-0.25, -0.2) is 0 Å². The number of ether oxygens (including phenoxy) is 1. The van der Waals surface area contributed by atoms with Crippen LogP contribution in [0.4, 0.5) is 5.69 Å². The van der Waals surface area contributed by atoms with E-state index in [1.54, 1.807) is 12.1 Å². The Bertz CT molecular complexity index is 910. The Balaban J connectivity index is 1.62. The molecular formula is C19H18ClN3O3. The summed E-state index contributed by atoms with van der Waals surface area (Å²) in [5, 5.41) is 7.35. The Morgan fingerprint density at radius 2 is 2.04 bits per heavy atom. The number of amides is 1. The quantitative estimate of drug-likeness (QED) is 0.699. The number of carbonyl (C=O) groups is 1. The highest BCUT2D eigenvalue weighted by Gasteiger charge is 2.13. The number of hydrogen-bond donors (Lipinski definition) is 1. The largest absolute Gasteiger partial charge is 0.495 e. The van der Waals surface area contributed by atoms with Crippen molar-refractivity contribution in [1.29, 1.82) is 0 Å². The molecule has 7 heteroatoms. The number of carbonyl (C=O) groups excluding carboxylic acids is 1. The van der Waals surface area contributed by atoms with Gasteiger partial charge in [0.2, 0.25) is 17.6 Å². The molecule has 0 aliphatic carbocycles. The number of benzene rings is 2. The summed E-state index contributed by atoms with van der Waals surface area (Å²) in [5.41, 5.74) is 2.30. The van der Waals surface area contributed by atoms with E-state index in [9.17, 15) is 4.79 Å². The van der Waals surface area contributed by atoms with Crippen molar-refractivity contribution in [1.82, 2.24) is 10.1 Å². The monoisotopic (exact) mass is 371 g/mol. The molecule has 3 rings (SSSR count). The fourth-order valence-electron chi connectivity index (χ4n) is 2.42. The van der Waals surface area contributed by atoms with E-state index in [0.717, 1.165) is 11.1 Å². The van der Waals surface area contributed by atoms with Gasteiger partial charge < -0.3 is 14.6 Å². The van der Waals surface area contributed by atoms with E-state index in [4.69, 9.17) is 20.9 Å². The van der Waals surface area contributed by atoms with Crippen LogP contribution in [0.3, 0.4) is 0 Å². The number of nitrogens with zero attached hydrogens (tertiary/aromatic N) is 2. The van der Waals surface area contributed by atoms with Gasteiger partial charge in [0.05, 0.1) is 12.8 Å². The average Bonchev–Trinajstić information content (AvgIpc) is 3.12. The van der Waals surface area contributed by atoms with Crippen molar-refractivity contribution in [2.45, 2.75) is 19.8 Å². The van der Waals surface area contributed by atoms with Crippen molar-refractivity contribution in [3.8, 4) is 17.1 Å². The number of hydrogen-bond acceptors (Lipinski definition) is 5. The summed E-state index contributed by atoms with van der Waals surface area (Å²) in [4.78, 5) is 16.6. The molecule has 1 N–H and O–H groups in total. The molecule has 0 atom stereocenters. The molecule has 3 aromatic rings. The first-order chi connectivity index (χ1) is 12.6. The van der Waals surface area contributed by atoms with Crippen molar-refractivity contribution in [2.24, 2.45) is 0 Å². The van der Waals surface area contributed by atoms with Gasteiger partial charge in [0.25, 0.3) is 0 Å². The van der Waals surface area contributed by atoms with Crippen molar-refractivity contribution < 1.29 is 14.1 Å². The molecule has 0 aliphatic rings. The SMILES string of the molecule is COc1cc(Cl)c(C)cc1NC(=O)CCc1nc(-c2ccccc2)no1. The number of rotatable bonds is 6. The minimum atomic E-state index is -0.176. The highest BCUT2D eigenvalue weighted by molar-refractivity contribution is 6.31. The second kappa shape index (κ2) is 8.01. The second-order valence-corrected chi connectivity index (χ2v) is 6.13. The third-order valence-corrected chi connectivity index (χ3v) is 4.23. The number of anilines is 1. The fourth-order valence-corrected chi connectivity index (χ4v) is 2.58. The van der Waals surface area contributed by atoms with Crippen molar-refractivity contribution >= 4 is 23.2 Å². The number of methoxy groups -OCH3 is 1. The molecule has 26 heavy (non-hydrogen) atoms. The van der Waals surface area contributed by atoms with Gasteiger partial charge in [0.15, 0.2) is 0 Å². The first-order valence-electron chi connectivity index (χ1n) is 8.09. The minimum Gasteiger partial charge on any atom is -0.495 e. The number of aryl methyl sites for hydroxylation is 2. The van der Waals surface area contributed by atoms with Gasteiger partial charge in [-0.05, 0) is 18.6 Å². The fraction of sp³-hybridized carbons (Fsp3) is 0.211. The summed E-state index contributed by atoms with van der Waals surface area (Å²) in [6.45, 7) is 1.86. The summed E-state index contributed by atoms with van der Waals surface area (Å²) >= 11 is 6.07. The predicted octanol–water partition coefficient (Wildman–Crippen LogP) is 4.28. The molecular weight excluding hydrogens is 354 g/mol. The zero-order valence-electron chi connectivity index (χ0n) is 14.5. The molecule has 1 heterocycles. The van der Waals surface area contributed by atoms with Crippen LogP contribution in [0, 0.1) is 6.92 Å². The summed E-state index contributed by atoms with van der Waals surface area (Å²) in [6, 6.07) is 13.0. The molecule has 1 amide bonds. The normalized spacial score (nSPS) is 10.6. The molecule has 6 nitrogen and oxygen atoms in total. The van der Waals surface area contributed by atoms with Gasteiger partial charge in [0.1, 0.15) is 5.75 Å². The molecule has 0 saturated carbocycles. The Kier molecular flexibility index (Phi) is 5.53. The summed E-state index contributed by atoms with van der Waals surface area (Å²) in [7, 11) is 1.53.